The predicted molar refractivity (Wildman–Crippen MR) is 105 cm³/mol. The highest BCUT2D eigenvalue weighted by molar-refractivity contribution is 5.81. The summed E-state index contributed by atoms with van der Waals surface area (Å²) in [6, 6.07) is 6.05. The van der Waals surface area contributed by atoms with Crippen molar-refractivity contribution < 1.29 is 28.2 Å². The molecule has 0 unspecified atom stereocenters. The number of hydrogen-bond acceptors (Lipinski definition) is 5. The number of piperidine rings is 1. The molecule has 1 aliphatic rings. The van der Waals surface area contributed by atoms with Gasteiger partial charge in [0.25, 0.3) is 5.91 Å². The number of esters is 1. The minimum Gasteiger partial charge on any atom is -0.455 e. The molecule has 1 N–H and O–H groups in total. The first-order chi connectivity index (χ1) is 13.6. The van der Waals surface area contributed by atoms with Gasteiger partial charge in [-0.1, -0.05) is 12.1 Å². The van der Waals surface area contributed by atoms with Crippen LogP contribution < -0.4 is 5.32 Å². The fourth-order valence-corrected chi connectivity index (χ4v) is 2.93. The Balaban J connectivity index is 1.63. The molecule has 2 amide bonds. The molecule has 0 bridgehead atoms. The second-order valence-electron chi connectivity index (χ2n) is 8.08. The highest BCUT2D eigenvalue weighted by atomic mass is 19.1. The fourth-order valence-electron chi connectivity index (χ4n) is 2.93. The van der Waals surface area contributed by atoms with Gasteiger partial charge in [0.2, 0.25) is 0 Å². The zero-order valence-electron chi connectivity index (χ0n) is 17.2. The topological polar surface area (TPSA) is 84.9 Å². The van der Waals surface area contributed by atoms with Gasteiger partial charge in [-0.2, -0.15) is 0 Å². The summed E-state index contributed by atoms with van der Waals surface area (Å²) >= 11 is 0. The van der Waals surface area contributed by atoms with Crippen molar-refractivity contribution in [2.75, 3.05) is 26.2 Å². The van der Waals surface area contributed by atoms with Crippen LogP contribution in [0.25, 0.3) is 0 Å². The standard InChI is InChI=1S/C21H29FN2O5/c1-21(2,3)29-20(27)24-12-9-16(10-13-24)19(26)28-14-18(25)23-11-8-15-4-6-17(22)7-5-15/h4-7,16H,8-14H2,1-3H3,(H,23,25). The van der Waals surface area contributed by atoms with Crippen molar-refractivity contribution >= 4 is 18.0 Å². The summed E-state index contributed by atoms with van der Waals surface area (Å²) in [7, 11) is 0. The summed E-state index contributed by atoms with van der Waals surface area (Å²) < 4.78 is 23.3. The lowest BCUT2D eigenvalue weighted by Gasteiger charge is -2.32. The Morgan fingerprint density at radius 3 is 2.34 bits per heavy atom. The highest BCUT2D eigenvalue weighted by Crippen LogP contribution is 2.20. The third kappa shape index (κ3) is 8.09. The van der Waals surface area contributed by atoms with E-state index in [1.807, 2.05) is 0 Å². The minimum atomic E-state index is -0.559. The number of hydrogen-bond donors (Lipinski definition) is 1. The summed E-state index contributed by atoms with van der Waals surface area (Å²) in [6.07, 6.45) is 1.13. The molecular weight excluding hydrogens is 379 g/mol. The lowest BCUT2D eigenvalue weighted by Crippen LogP contribution is -2.43. The van der Waals surface area contributed by atoms with E-state index in [2.05, 4.69) is 5.32 Å². The summed E-state index contributed by atoms with van der Waals surface area (Å²) in [5.74, 6) is -1.45. The molecule has 0 atom stereocenters. The van der Waals surface area contributed by atoms with Crippen LogP contribution in [0.3, 0.4) is 0 Å². The van der Waals surface area contributed by atoms with Crippen molar-refractivity contribution in [2.45, 2.75) is 45.6 Å². The van der Waals surface area contributed by atoms with Crippen LogP contribution >= 0.6 is 0 Å². The van der Waals surface area contributed by atoms with Crippen LogP contribution in [0, 0.1) is 11.7 Å². The second-order valence-corrected chi connectivity index (χ2v) is 8.08. The Kier molecular flexibility index (Phi) is 7.99. The normalized spacial score (nSPS) is 15.0. The second kappa shape index (κ2) is 10.2. The van der Waals surface area contributed by atoms with Gasteiger partial charge in [-0.05, 0) is 57.7 Å². The molecule has 0 spiro atoms. The number of amides is 2. The van der Waals surface area contributed by atoms with Crippen LogP contribution in [-0.2, 0) is 25.5 Å². The Morgan fingerprint density at radius 2 is 1.76 bits per heavy atom. The van der Waals surface area contributed by atoms with Gasteiger partial charge in [0.1, 0.15) is 11.4 Å². The molecule has 1 saturated heterocycles. The molecule has 0 radical (unpaired) electrons. The Labute approximate surface area is 170 Å². The van der Waals surface area contributed by atoms with Crippen molar-refractivity contribution in [1.29, 1.82) is 0 Å². The van der Waals surface area contributed by atoms with E-state index in [9.17, 15) is 18.8 Å². The van der Waals surface area contributed by atoms with Crippen molar-refractivity contribution in [3.8, 4) is 0 Å². The molecule has 2 rings (SSSR count). The van der Waals surface area contributed by atoms with Gasteiger partial charge >= 0.3 is 12.1 Å². The number of carbonyl (C=O) groups excluding carboxylic acids is 3. The number of carbonyl (C=O) groups is 3. The molecule has 1 aromatic carbocycles. The molecule has 29 heavy (non-hydrogen) atoms. The molecule has 1 fully saturated rings. The van der Waals surface area contributed by atoms with Crippen molar-refractivity contribution in [2.24, 2.45) is 5.92 Å². The van der Waals surface area contributed by atoms with Crippen molar-refractivity contribution in [3.63, 3.8) is 0 Å². The fraction of sp³-hybridized carbons (Fsp3) is 0.571. The zero-order chi connectivity index (χ0) is 21.4. The van der Waals surface area contributed by atoms with E-state index in [1.165, 1.54) is 12.1 Å². The maximum absolute atomic E-state index is 12.8. The van der Waals surface area contributed by atoms with Crippen LogP contribution in [0.15, 0.2) is 24.3 Å². The van der Waals surface area contributed by atoms with Gasteiger partial charge in [0.15, 0.2) is 6.61 Å². The van der Waals surface area contributed by atoms with E-state index in [0.717, 1.165) is 5.56 Å². The first kappa shape index (κ1) is 22.6. The lowest BCUT2D eigenvalue weighted by atomic mass is 9.97. The van der Waals surface area contributed by atoms with E-state index < -0.39 is 11.6 Å². The number of benzene rings is 1. The minimum absolute atomic E-state index is 0.304. The molecule has 1 aliphatic heterocycles. The molecule has 160 valence electrons. The van der Waals surface area contributed by atoms with Crippen LogP contribution in [0.1, 0.15) is 39.2 Å². The van der Waals surface area contributed by atoms with E-state index in [-0.39, 0.29) is 30.3 Å². The Morgan fingerprint density at radius 1 is 1.14 bits per heavy atom. The van der Waals surface area contributed by atoms with Gasteiger partial charge in [0.05, 0.1) is 5.92 Å². The largest absolute Gasteiger partial charge is 0.455 e. The monoisotopic (exact) mass is 408 g/mol. The van der Waals surface area contributed by atoms with Gasteiger partial charge in [0, 0.05) is 19.6 Å². The molecule has 1 aromatic rings. The summed E-state index contributed by atoms with van der Waals surface area (Å²) in [6.45, 7) is 6.28. The number of nitrogens with one attached hydrogen (secondary N) is 1. The smallest absolute Gasteiger partial charge is 0.410 e. The summed E-state index contributed by atoms with van der Waals surface area (Å²) in [5.41, 5.74) is 0.345. The van der Waals surface area contributed by atoms with E-state index in [4.69, 9.17) is 9.47 Å². The molecule has 8 heteroatoms. The van der Waals surface area contributed by atoms with Crippen LogP contribution in [0.5, 0.6) is 0 Å². The molecule has 0 aliphatic carbocycles. The lowest BCUT2D eigenvalue weighted by molar-refractivity contribution is -0.154. The molecule has 7 nitrogen and oxygen atoms in total. The predicted octanol–water partition coefficient (Wildman–Crippen LogP) is 2.67. The van der Waals surface area contributed by atoms with Gasteiger partial charge < -0.3 is 19.7 Å². The quantitative estimate of drug-likeness (QED) is 0.732. The van der Waals surface area contributed by atoms with Crippen molar-refractivity contribution in [3.05, 3.63) is 35.6 Å². The maximum atomic E-state index is 12.8. The number of halogens is 1. The number of rotatable bonds is 6. The van der Waals surface area contributed by atoms with Crippen LogP contribution in [0.4, 0.5) is 9.18 Å². The Hall–Kier alpha value is -2.64. The van der Waals surface area contributed by atoms with Gasteiger partial charge in [-0.15, -0.1) is 0 Å². The molecule has 1 heterocycles. The molecule has 0 aromatic heterocycles. The van der Waals surface area contributed by atoms with E-state index in [0.29, 0.717) is 38.9 Å². The van der Waals surface area contributed by atoms with Crippen LogP contribution in [-0.4, -0.2) is 54.7 Å². The van der Waals surface area contributed by atoms with Gasteiger partial charge in [-0.25, -0.2) is 9.18 Å². The summed E-state index contributed by atoms with van der Waals surface area (Å²) in [4.78, 5) is 37.6. The third-order valence-electron chi connectivity index (χ3n) is 4.47. The number of likely N-dealkylation sites (tertiary alicyclic amines) is 1. The average Bonchev–Trinajstić information content (AvgIpc) is 2.66. The maximum Gasteiger partial charge on any atom is 0.410 e. The summed E-state index contributed by atoms with van der Waals surface area (Å²) in [5, 5.41) is 2.67. The number of nitrogens with zero attached hydrogens (tertiary/aromatic N) is 1. The van der Waals surface area contributed by atoms with E-state index >= 15 is 0 Å². The SMILES string of the molecule is CC(C)(C)OC(=O)N1CCC(C(=O)OCC(=O)NCCc2ccc(F)cc2)CC1. The van der Waals surface area contributed by atoms with Crippen molar-refractivity contribution in [1.82, 2.24) is 10.2 Å². The molecule has 0 saturated carbocycles. The van der Waals surface area contributed by atoms with Gasteiger partial charge in [-0.3, -0.25) is 9.59 Å². The first-order valence-electron chi connectivity index (χ1n) is 9.80. The Bertz CT molecular complexity index is 707. The van der Waals surface area contributed by atoms with Crippen LogP contribution in [0.2, 0.25) is 0 Å². The average molecular weight is 408 g/mol. The number of ether oxygens (including phenoxy) is 2. The zero-order valence-corrected chi connectivity index (χ0v) is 17.2. The van der Waals surface area contributed by atoms with E-state index in [1.54, 1.807) is 37.8 Å². The first-order valence-corrected chi connectivity index (χ1v) is 9.80. The third-order valence-corrected chi connectivity index (χ3v) is 4.47. The molecular formula is C21H29FN2O5. The highest BCUT2D eigenvalue weighted by Gasteiger charge is 2.30.